The van der Waals surface area contributed by atoms with Crippen LogP contribution in [0.3, 0.4) is 0 Å². The number of alkyl halides is 3. The molecule has 1 heterocycles. The van der Waals surface area contributed by atoms with Gasteiger partial charge in [-0.05, 0) is 13.0 Å². The van der Waals surface area contributed by atoms with Gasteiger partial charge in [0.05, 0.1) is 6.42 Å². The molecule has 1 saturated heterocycles. The Morgan fingerprint density at radius 2 is 2.00 bits per heavy atom. The highest BCUT2D eigenvalue weighted by Crippen LogP contribution is 2.24. The largest absolute Gasteiger partial charge is 0.390 e. The summed E-state index contributed by atoms with van der Waals surface area (Å²) in [5.74, 6) is 0. The fourth-order valence-corrected chi connectivity index (χ4v) is 0.802. The van der Waals surface area contributed by atoms with Crippen molar-refractivity contribution in [1.82, 2.24) is 5.32 Å². The summed E-state index contributed by atoms with van der Waals surface area (Å²) < 4.78 is 34.5. The maximum atomic E-state index is 11.5. The topological polar surface area (TPSA) is 12.0 Å². The van der Waals surface area contributed by atoms with E-state index in [1.54, 1.807) is 0 Å². The van der Waals surface area contributed by atoms with Crippen LogP contribution in [0, 0.1) is 0 Å². The summed E-state index contributed by atoms with van der Waals surface area (Å²) in [6.45, 7) is 0.737. The quantitative estimate of drug-likeness (QED) is 0.577. The molecule has 1 nitrogen and oxygen atoms in total. The summed E-state index contributed by atoms with van der Waals surface area (Å²) >= 11 is 0. The Morgan fingerprint density at radius 1 is 1.44 bits per heavy atom. The van der Waals surface area contributed by atoms with Crippen LogP contribution in [0.2, 0.25) is 0 Å². The molecule has 0 bridgehead atoms. The van der Waals surface area contributed by atoms with Crippen molar-refractivity contribution in [3.05, 3.63) is 0 Å². The minimum Gasteiger partial charge on any atom is -0.314 e. The molecule has 1 aliphatic heterocycles. The van der Waals surface area contributed by atoms with Gasteiger partial charge in [-0.25, -0.2) is 0 Å². The Bertz CT molecular complexity index is 94.9. The molecule has 0 spiro atoms. The summed E-state index contributed by atoms with van der Waals surface area (Å²) in [5.41, 5.74) is 0. The van der Waals surface area contributed by atoms with Crippen molar-refractivity contribution in [3.8, 4) is 0 Å². The Kier molecular flexibility index (Phi) is 1.66. The molecule has 9 heavy (non-hydrogen) atoms. The van der Waals surface area contributed by atoms with Crippen molar-refractivity contribution in [2.45, 2.75) is 25.1 Å². The van der Waals surface area contributed by atoms with E-state index in [1.807, 2.05) is 0 Å². The average Bonchev–Trinajstić information content (AvgIpc) is 1.53. The molecule has 1 fully saturated rings. The van der Waals surface area contributed by atoms with Crippen LogP contribution < -0.4 is 5.32 Å². The minimum atomic E-state index is -3.99. The second kappa shape index (κ2) is 2.17. The van der Waals surface area contributed by atoms with E-state index in [-0.39, 0.29) is 6.04 Å². The normalized spacial score (nSPS) is 27.7. The van der Waals surface area contributed by atoms with E-state index in [9.17, 15) is 13.2 Å². The molecule has 1 atom stereocenters. The van der Waals surface area contributed by atoms with Crippen molar-refractivity contribution in [2.24, 2.45) is 0 Å². The third kappa shape index (κ3) is 2.22. The molecule has 0 aliphatic carbocycles. The first-order valence-electron chi connectivity index (χ1n) is 2.88. The first-order chi connectivity index (χ1) is 4.08. The lowest BCUT2D eigenvalue weighted by molar-refractivity contribution is -0.143. The van der Waals surface area contributed by atoms with Crippen LogP contribution in [0.25, 0.3) is 0 Å². The second-order valence-electron chi connectivity index (χ2n) is 2.26. The molecule has 1 rings (SSSR count). The van der Waals surface area contributed by atoms with Crippen molar-refractivity contribution < 1.29 is 13.2 Å². The predicted octanol–water partition coefficient (Wildman–Crippen LogP) is 1.30. The smallest absolute Gasteiger partial charge is 0.314 e. The Labute approximate surface area is 51.2 Å². The van der Waals surface area contributed by atoms with Crippen LogP contribution in [-0.2, 0) is 0 Å². The summed E-state index contributed by atoms with van der Waals surface area (Å²) in [4.78, 5) is 0. The molecular formula is C5H8F3N. The first-order valence-corrected chi connectivity index (χ1v) is 2.88. The number of hydrogen-bond acceptors (Lipinski definition) is 1. The highest BCUT2D eigenvalue weighted by Gasteiger charge is 2.33. The molecule has 4 heteroatoms. The minimum absolute atomic E-state index is 0.301. The number of nitrogens with one attached hydrogen (secondary N) is 1. The van der Waals surface area contributed by atoms with E-state index in [4.69, 9.17) is 0 Å². The van der Waals surface area contributed by atoms with E-state index in [0.29, 0.717) is 6.42 Å². The van der Waals surface area contributed by atoms with Crippen LogP contribution in [-0.4, -0.2) is 18.8 Å². The molecule has 0 aromatic carbocycles. The van der Waals surface area contributed by atoms with Gasteiger partial charge in [-0.3, -0.25) is 0 Å². The van der Waals surface area contributed by atoms with Crippen LogP contribution in [0.1, 0.15) is 12.8 Å². The third-order valence-electron chi connectivity index (χ3n) is 1.40. The molecule has 1 unspecified atom stereocenters. The van der Waals surface area contributed by atoms with Crippen molar-refractivity contribution >= 4 is 0 Å². The highest BCUT2D eigenvalue weighted by atomic mass is 19.4. The molecule has 0 amide bonds. The van der Waals surface area contributed by atoms with Gasteiger partial charge in [0.25, 0.3) is 0 Å². The summed E-state index contributed by atoms with van der Waals surface area (Å²) in [6, 6.07) is -0.301. The lowest BCUT2D eigenvalue weighted by Crippen LogP contribution is -2.45. The average molecular weight is 139 g/mol. The standard InChI is InChI=1S/C5H8F3N/c6-5(7,8)3-4-1-2-9-4/h4,9H,1-3H2. The van der Waals surface area contributed by atoms with Gasteiger partial charge in [0.2, 0.25) is 0 Å². The fourth-order valence-electron chi connectivity index (χ4n) is 0.802. The first kappa shape index (κ1) is 6.86. The molecular weight excluding hydrogens is 131 g/mol. The SMILES string of the molecule is FC(F)(F)CC1CCN1. The summed E-state index contributed by atoms with van der Waals surface area (Å²) in [7, 11) is 0. The van der Waals surface area contributed by atoms with E-state index in [2.05, 4.69) is 5.32 Å². The maximum absolute atomic E-state index is 11.5. The molecule has 0 aromatic rings. The van der Waals surface area contributed by atoms with Crippen molar-refractivity contribution in [1.29, 1.82) is 0 Å². The number of hydrogen-bond donors (Lipinski definition) is 1. The van der Waals surface area contributed by atoms with Gasteiger partial charge in [0.1, 0.15) is 0 Å². The van der Waals surface area contributed by atoms with Crippen molar-refractivity contribution in [3.63, 3.8) is 0 Å². The van der Waals surface area contributed by atoms with Gasteiger partial charge in [-0.1, -0.05) is 0 Å². The monoisotopic (exact) mass is 139 g/mol. The molecule has 1 N–H and O–H groups in total. The number of rotatable bonds is 1. The van der Waals surface area contributed by atoms with Gasteiger partial charge in [0, 0.05) is 6.04 Å². The third-order valence-corrected chi connectivity index (χ3v) is 1.40. The van der Waals surface area contributed by atoms with Crippen molar-refractivity contribution in [2.75, 3.05) is 6.54 Å². The van der Waals surface area contributed by atoms with Gasteiger partial charge in [-0.2, -0.15) is 13.2 Å². The Morgan fingerprint density at radius 3 is 2.11 bits per heavy atom. The van der Waals surface area contributed by atoms with E-state index in [0.717, 1.165) is 6.54 Å². The molecule has 0 radical (unpaired) electrons. The van der Waals surface area contributed by atoms with Gasteiger partial charge in [-0.15, -0.1) is 0 Å². The van der Waals surface area contributed by atoms with Crippen LogP contribution in [0.15, 0.2) is 0 Å². The van der Waals surface area contributed by atoms with Crippen LogP contribution in [0.4, 0.5) is 13.2 Å². The zero-order valence-corrected chi connectivity index (χ0v) is 4.83. The lowest BCUT2D eigenvalue weighted by atomic mass is 10.0. The van der Waals surface area contributed by atoms with Gasteiger partial charge in [0.15, 0.2) is 0 Å². The highest BCUT2D eigenvalue weighted by molar-refractivity contribution is 4.79. The number of halogens is 3. The molecule has 0 aromatic heterocycles. The predicted molar refractivity (Wildman–Crippen MR) is 27.1 cm³/mol. The van der Waals surface area contributed by atoms with Gasteiger partial charge < -0.3 is 5.32 Å². The van der Waals surface area contributed by atoms with Crippen LogP contribution >= 0.6 is 0 Å². The van der Waals surface area contributed by atoms with E-state index < -0.39 is 12.6 Å². The second-order valence-corrected chi connectivity index (χ2v) is 2.26. The lowest BCUT2D eigenvalue weighted by Gasteiger charge is -2.28. The van der Waals surface area contributed by atoms with Crippen LogP contribution in [0.5, 0.6) is 0 Å². The van der Waals surface area contributed by atoms with E-state index in [1.165, 1.54) is 0 Å². The maximum Gasteiger partial charge on any atom is 0.390 e. The zero-order chi connectivity index (χ0) is 6.91. The Hall–Kier alpha value is -0.250. The zero-order valence-electron chi connectivity index (χ0n) is 4.83. The Balaban J connectivity index is 2.16. The molecule has 0 saturated carbocycles. The summed E-state index contributed by atoms with van der Waals surface area (Å²) in [6.07, 6.45) is -4.00. The van der Waals surface area contributed by atoms with E-state index >= 15 is 0 Å². The van der Waals surface area contributed by atoms with Gasteiger partial charge >= 0.3 is 6.18 Å². The summed E-state index contributed by atoms with van der Waals surface area (Å²) in [5, 5.41) is 2.68. The fraction of sp³-hybridized carbons (Fsp3) is 1.00. The molecule has 54 valence electrons. The molecule has 1 aliphatic rings.